The summed E-state index contributed by atoms with van der Waals surface area (Å²) in [5, 5.41) is 2.92. The van der Waals surface area contributed by atoms with Crippen LogP contribution in [0.3, 0.4) is 0 Å². The molecule has 1 aliphatic rings. The fourth-order valence-corrected chi connectivity index (χ4v) is 3.60. The summed E-state index contributed by atoms with van der Waals surface area (Å²) in [7, 11) is 0. The second-order valence-electron chi connectivity index (χ2n) is 7.55. The lowest BCUT2D eigenvalue weighted by Crippen LogP contribution is -2.33. The Morgan fingerprint density at radius 2 is 1.96 bits per heavy atom. The summed E-state index contributed by atoms with van der Waals surface area (Å²) in [6.45, 7) is 8.60. The number of hydrogen-bond donors (Lipinski definition) is 1. The molecule has 2 aromatic carbocycles. The molecule has 0 spiro atoms. The van der Waals surface area contributed by atoms with Gasteiger partial charge in [-0.3, -0.25) is 9.69 Å². The fraction of sp³-hybridized carbons (Fsp3) is 0.435. The Bertz CT molecular complexity index is 742. The van der Waals surface area contributed by atoms with E-state index in [-0.39, 0.29) is 5.91 Å². The number of nitrogens with one attached hydrogen (secondary N) is 1. The summed E-state index contributed by atoms with van der Waals surface area (Å²) in [4.78, 5) is 14.8. The SMILES string of the molecule is Cc1ccccc1OCCNC(=O)c1ccc(CN2CCC[C@@H](C)C2)cc1. The van der Waals surface area contributed by atoms with E-state index in [0.717, 1.165) is 23.8 Å². The van der Waals surface area contributed by atoms with Gasteiger partial charge in [-0.15, -0.1) is 0 Å². The van der Waals surface area contributed by atoms with Crippen LogP contribution in [0.15, 0.2) is 48.5 Å². The summed E-state index contributed by atoms with van der Waals surface area (Å²) < 4.78 is 5.72. The largest absolute Gasteiger partial charge is 0.491 e. The third-order valence-electron chi connectivity index (χ3n) is 5.10. The van der Waals surface area contributed by atoms with Gasteiger partial charge in [0, 0.05) is 18.7 Å². The fourth-order valence-electron chi connectivity index (χ4n) is 3.60. The zero-order valence-corrected chi connectivity index (χ0v) is 16.4. The first kappa shape index (κ1) is 19.4. The van der Waals surface area contributed by atoms with Gasteiger partial charge in [0.15, 0.2) is 0 Å². The topological polar surface area (TPSA) is 41.6 Å². The van der Waals surface area contributed by atoms with E-state index >= 15 is 0 Å². The van der Waals surface area contributed by atoms with Gasteiger partial charge >= 0.3 is 0 Å². The van der Waals surface area contributed by atoms with Crippen molar-refractivity contribution < 1.29 is 9.53 Å². The van der Waals surface area contributed by atoms with Crippen LogP contribution in [-0.4, -0.2) is 37.0 Å². The summed E-state index contributed by atoms with van der Waals surface area (Å²) in [5.41, 5.74) is 3.06. The molecule has 4 heteroatoms. The average Bonchev–Trinajstić information content (AvgIpc) is 2.67. The van der Waals surface area contributed by atoms with Crippen LogP contribution >= 0.6 is 0 Å². The molecule has 3 rings (SSSR count). The lowest BCUT2D eigenvalue weighted by atomic mass is 9.99. The van der Waals surface area contributed by atoms with Crippen LogP contribution < -0.4 is 10.1 Å². The van der Waals surface area contributed by atoms with Crippen molar-refractivity contribution in [1.82, 2.24) is 10.2 Å². The molecule has 1 atom stereocenters. The van der Waals surface area contributed by atoms with E-state index in [1.165, 1.54) is 31.5 Å². The highest BCUT2D eigenvalue weighted by atomic mass is 16.5. The summed E-state index contributed by atoms with van der Waals surface area (Å²) in [6.07, 6.45) is 2.62. The highest BCUT2D eigenvalue weighted by molar-refractivity contribution is 5.94. The number of amides is 1. The van der Waals surface area contributed by atoms with E-state index < -0.39 is 0 Å². The normalized spacial score (nSPS) is 17.5. The first-order valence-electron chi connectivity index (χ1n) is 9.90. The van der Waals surface area contributed by atoms with Crippen LogP contribution in [0.4, 0.5) is 0 Å². The van der Waals surface area contributed by atoms with Crippen LogP contribution in [0.25, 0.3) is 0 Å². The van der Waals surface area contributed by atoms with E-state index in [1.807, 2.05) is 43.3 Å². The number of carbonyl (C=O) groups is 1. The molecule has 1 amide bonds. The number of carbonyl (C=O) groups excluding carboxylic acids is 1. The van der Waals surface area contributed by atoms with Gasteiger partial charge in [-0.1, -0.05) is 37.3 Å². The molecule has 0 unspecified atom stereocenters. The van der Waals surface area contributed by atoms with E-state index in [4.69, 9.17) is 4.74 Å². The molecule has 0 saturated carbocycles. The number of para-hydroxylation sites is 1. The van der Waals surface area contributed by atoms with E-state index in [0.29, 0.717) is 18.7 Å². The third-order valence-corrected chi connectivity index (χ3v) is 5.10. The van der Waals surface area contributed by atoms with Crippen molar-refractivity contribution in [2.45, 2.75) is 33.2 Å². The number of hydrogen-bond acceptors (Lipinski definition) is 3. The van der Waals surface area contributed by atoms with Gasteiger partial charge in [-0.25, -0.2) is 0 Å². The van der Waals surface area contributed by atoms with Crippen LogP contribution in [0.5, 0.6) is 5.75 Å². The quantitative estimate of drug-likeness (QED) is 0.752. The Hall–Kier alpha value is -2.33. The van der Waals surface area contributed by atoms with Gasteiger partial charge in [-0.2, -0.15) is 0 Å². The van der Waals surface area contributed by atoms with Gasteiger partial charge in [0.25, 0.3) is 5.91 Å². The van der Waals surface area contributed by atoms with Crippen molar-refractivity contribution in [1.29, 1.82) is 0 Å². The molecule has 4 nitrogen and oxygen atoms in total. The molecule has 1 heterocycles. The average molecular weight is 367 g/mol. The standard InChI is InChI=1S/C23H30N2O2/c1-18-6-5-14-25(16-18)17-20-9-11-21(12-10-20)23(26)24-13-15-27-22-8-4-3-7-19(22)2/h3-4,7-12,18H,5-6,13-17H2,1-2H3,(H,24,26)/t18-/m1/s1. The minimum absolute atomic E-state index is 0.0541. The predicted octanol–water partition coefficient (Wildman–Crippen LogP) is 4.04. The Morgan fingerprint density at radius 3 is 2.70 bits per heavy atom. The van der Waals surface area contributed by atoms with Crippen molar-refractivity contribution in [3.63, 3.8) is 0 Å². The Balaban J connectivity index is 1.42. The van der Waals surface area contributed by atoms with Crippen molar-refractivity contribution in [2.24, 2.45) is 5.92 Å². The molecule has 0 bridgehead atoms. The lowest BCUT2D eigenvalue weighted by Gasteiger charge is -2.30. The molecule has 1 N–H and O–H groups in total. The van der Waals surface area contributed by atoms with Crippen molar-refractivity contribution in [3.05, 3.63) is 65.2 Å². The van der Waals surface area contributed by atoms with Gasteiger partial charge in [-0.05, 0) is 61.6 Å². The number of likely N-dealkylation sites (tertiary alicyclic amines) is 1. The molecular weight excluding hydrogens is 336 g/mol. The second-order valence-corrected chi connectivity index (χ2v) is 7.55. The highest BCUT2D eigenvalue weighted by Gasteiger charge is 2.16. The van der Waals surface area contributed by atoms with Crippen molar-refractivity contribution >= 4 is 5.91 Å². The van der Waals surface area contributed by atoms with Crippen LogP contribution in [0.2, 0.25) is 0 Å². The highest BCUT2D eigenvalue weighted by Crippen LogP contribution is 2.18. The van der Waals surface area contributed by atoms with Gasteiger partial charge < -0.3 is 10.1 Å². The molecule has 144 valence electrons. The number of rotatable bonds is 7. The zero-order chi connectivity index (χ0) is 19.1. The van der Waals surface area contributed by atoms with E-state index in [1.54, 1.807) is 0 Å². The first-order valence-corrected chi connectivity index (χ1v) is 9.90. The van der Waals surface area contributed by atoms with Gasteiger partial charge in [0.2, 0.25) is 0 Å². The van der Waals surface area contributed by atoms with Gasteiger partial charge in [0.05, 0.1) is 6.54 Å². The zero-order valence-electron chi connectivity index (χ0n) is 16.4. The maximum Gasteiger partial charge on any atom is 0.251 e. The Labute approximate surface area is 162 Å². The number of benzene rings is 2. The molecule has 1 saturated heterocycles. The number of piperidine rings is 1. The first-order chi connectivity index (χ1) is 13.1. The second kappa shape index (κ2) is 9.56. The van der Waals surface area contributed by atoms with Crippen molar-refractivity contribution in [2.75, 3.05) is 26.2 Å². The molecule has 0 radical (unpaired) electrons. The summed E-state index contributed by atoms with van der Waals surface area (Å²) in [6, 6.07) is 15.9. The number of nitrogens with zero attached hydrogens (tertiary/aromatic N) is 1. The molecule has 1 fully saturated rings. The number of ether oxygens (including phenoxy) is 1. The molecular formula is C23H30N2O2. The monoisotopic (exact) mass is 366 g/mol. The molecule has 1 aliphatic heterocycles. The van der Waals surface area contributed by atoms with E-state index in [2.05, 4.69) is 29.3 Å². The maximum absolute atomic E-state index is 12.3. The third kappa shape index (κ3) is 5.83. The predicted molar refractivity (Wildman–Crippen MR) is 109 cm³/mol. The molecule has 2 aromatic rings. The van der Waals surface area contributed by atoms with Crippen molar-refractivity contribution in [3.8, 4) is 5.75 Å². The summed E-state index contributed by atoms with van der Waals surface area (Å²) >= 11 is 0. The smallest absolute Gasteiger partial charge is 0.251 e. The lowest BCUT2D eigenvalue weighted by molar-refractivity contribution is 0.0947. The van der Waals surface area contributed by atoms with Crippen LogP contribution in [-0.2, 0) is 6.54 Å². The molecule has 0 aliphatic carbocycles. The van der Waals surface area contributed by atoms with Gasteiger partial charge in [0.1, 0.15) is 12.4 Å². The molecule has 27 heavy (non-hydrogen) atoms. The Morgan fingerprint density at radius 1 is 1.19 bits per heavy atom. The number of aryl methyl sites for hydroxylation is 1. The van der Waals surface area contributed by atoms with E-state index in [9.17, 15) is 4.79 Å². The minimum Gasteiger partial charge on any atom is -0.491 e. The summed E-state index contributed by atoms with van der Waals surface area (Å²) in [5.74, 6) is 1.59. The maximum atomic E-state index is 12.3. The van der Waals surface area contributed by atoms with Crippen LogP contribution in [0.1, 0.15) is 41.3 Å². The Kier molecular flexibility index (Phi) is 6.88. The van der Waals surface area contributed by atoms with Crippen LogP contribution in [0, 0.1) is 12.8 Å². The molecule has 0 aromatic heterocycles. The minimum atomic E-state index is -0.0541.